The molecule has 3 nitrogen and oxygen atoms in total. The van der Waals surface area contributed by atoms with Crippen molar-refractivity contribution in [3.05, 3.63) is 28.4 Å². The van der Waals surface area contributed by atoms with Gasteiger partial charge in [0.05, 0.1) is 12.7 Å². The first-order valence-corrected chi connectivity index (χ1v) is 4.86. The van der Waals surface area contributed by atoms with E-state index in [0.29, 0.717) is 10.7 Å². The number of aryl methyl sites for hydroxylation is 1. The van der Waals surface area contributed by atoms with Crippen molar-refractivity contribution in [1.82, 2.24) is 4.98 Å². The SMILES string of the molecule is COc1cc2c(C=O)c(Cl)[nH]c2cc1C. The number of H-pyrrole nitrogens is 1. The standard InChI is InChI=1S/C11H10ClNO2/c1-6-3-9-7(4-10(6)15-2)8(5-14)11(12)13-9/h3-5,13H,1-2H3. The number of hydrogen-bond acceptors (Lipinski definition) is 2. The molecule has 0 aliphatic rings. The van der Waals surface area contributed by atoms with Crippen LogP contribution in [-0.2, 0) is 0 Å². The third kappa shape index (κ3) is 1.49. The molecule has 2 aromatic rings. The first-order chi connectivity index (χ1) is 7.17. The van der Waals surface area contributed by atoms with E-state index in [9.17, 15) is 4.79 Å². The van der Waals surface area contributed by atoms with Crippen molar-refractivity contribution in [1.29, 1.82) is 0 Å². The Morgan fingerprint density at radius 2 is 2.20 bits per heavy atom. The second kappa shape index (κ2) is 3.59. The first kappa shape index (κ1) is 10.1. The van der Waals surface area contributed by atoms with Gasteiger partial charge in [-0.15, -0.1) is 0 Å². The molecule has 4 heteroatoms. The highest BCUT2D eigenvalue weighted by Gasteiger charge is 2.11. The van der Waals surface area contributed by atoms with Crippen LogP contribution in [0.5, 0.6) is 5.75 Å². The molecule has 0 atom stereocenters. The highest BCUT2D eigenvalue weighted by Crippen LogP contribution is 2.30. The molecular weight excluding hydrogens is 214 g/mol. The summed E-state index contributed by atoms with van der Waals surface area (Å²) in [6, 6.07) is 3.73. The zero-order valence-electron chi connectivity index (χ0n) is 8.43. The number of halogens is 1. The van der Waals surface area contributed by atoms with Gasteiger partial charge < -0.3 is 9.72 Å². The average Bonchev–Trinajstić information content (AvgIpc) is 2.51. The number of nitrogens with one attached hydrogen (secondary N) is 1. The van der Waals surface area contributed by atoms with Gasteiger partial charge in [0, 0.05) is 10.9 Å². The second-order valence-corrected chi connectivity index (χ2v) is 3.72. The fourth-order valence-electron chi connectivity index (χ4n) is 1.65. The monoisotopic (exact) mass is 223 g/mol. The number of carbonyl (C=O) groups excluding carboxylic acids is 1. The Hall–Kier alpha value is -1.48. The summed E-state index contributed by atoms with van der Waals surface area (Å²) in [6.07, 6.45) is 0.746. The summed E-state index contributed by atoms with van der Waals surface area (Å²) in [4.78, 5) is 13.8. The Balaban J connectivity index is 2.82. The van der Waals surface area contributed by atoms with Crippen LogP contribution in [0.15, 0.2) is 12.1 Å². The number of hydrogen-bond donors (Lipinski definition) is 1. The molecule has 1 aromatic heterocycles. The number of carbonyl (C=O) groups is 1. The Morgan fingerprint density at radius 3 is 2.80 bits per heavy atom. The molecule has 0 spiro atoms. The third-order valence-electron chi connectivity index (χ3n) is 2.42. The van der Waals surface area contributed by atoms with Crippen LogP contribution in [-0.4, -0.2) is 18.4 Å². The van der Waals surface area contributed by atoms with Gasteiger partial charge in [0.15, 0.2) is 6.29 Å². The molecule has 1 N–H and O–H groups in total. The van der Waals surface area contributed by atoms with Crippen molar-refractivity contribution in [3.63, 3.8) is 0 Å². The molecule has 0 amide bonds. The summed E-state index contributed by atoms with van der Waals surface area (Å²) in [5.74, 6) is 0.751. The summed E-state index contributed by atoms with van der Waals surface area (Å²) >= 11 is 5.89. The summed E-state index contributed by atoms with van der Waals surface area (Å²) in [6.45, 7) is 1.94. The van der Waals surface area contributed by atoms with Gasteiger partial charge in [-0.2, -0.15) is 0 Å². The van der Waals surface area contributed by atoms with Crippen molar-refractivity contribution in [2.24, 2.45) is 0 Å². The molecule has 0 fully saturated rings. The molecular formula is C11H10ClNO2. The van der Waals surface area contributed by atoms with Crippen molar-refractivity contribution in [2.75, 3.05) is 7.11 Å². The first-order valence-electron chi connectivity index (χ1n) is 4.48. The lowest BCUT2D eigenvalue weighted by Crippen LogP contribution is -1.87. The quantitative estimate of drug-likeness (QED) is 0.796. The topological polar surface area (TPSA) is 42.1 Å². The van der Waals surface area contributed by atoms with Gasteiger partial charge in [-0.3, -0.25) is 4.79 Å². The molecule has 0 saturated heterocycles. The third-order valence-corrected chi connectivity index (χ3v) is 2.72. The van der Waals surface area contributed by atoms with Crippen molar-refractivity contribution >= 4 is 28.8 Å². The maximum absolute atomic E-state index is 10.8. The van der Waals surface area contributed by atoms with Crippen LogP contribution in [0, 0.1) is 6.92 Å². The molecule has 2 rings (SSSR count). The largest absolute Gasteiger partial charge is 0.496 e. The fourth-order valence-corrected chi connectivity index (χ4v) is 1.90. The summed E-state index contributed by atoms with van der Waals surface area (Å²) in [5.41, 5.74) is 2.32. The Labute approximate surface area is 92.0 Å². The molecule has 78 valence electrons. The lowest BCUT2D eigenvalue weighted by Gasteiger charge is -2.04. The van der Waals surface area contributed by atoms with Gasteiger partial charge in [0.1, 0.15) is 10.9 Å². The number of aromatic nitrogens is 1. The highest BCUT2D eigenvalue weighted by atomic mass is 35.5. The fraction of sp³-hybridized carbons (Fsp3) is 0.182. The van der Waals surface area contributed by atoms with Crippen LogP contribution in [0.3, 0.4) is 0 Å². The molecule has 0 radical (unpaired) electrons. The van der Waals surface area contributed by atoms with Gasteiger partial charge in [-0.05, 0) is 24.6 Å². The number of aldehydes is 1. The van der Waals surface area contributed by atoms with Gasteiger partial charge in [-0.25, -0.2) is 0 Å². The van der Waals surface area contributed by atoms with Crippen LogP contribution in [0.4, 0.5) is 0 Å². The minimum Gasteiger partial charge on any atom is -0.496 e. The van der Waals surface area contributed by atoms with E-state index >= 15 is 0 Å². The molecule has 0 aliphatic heterocycles. The van der Waals surface area contributed by atoms with Crippen molar-refractivity contribution < 1.29 is 9.53 Å². The zero-order chi connectivity index (χ0) is 11.0. The van der Waals surface area contributed by atoms with E-state index in [0.717, 1.165) is 28.5 Å². The van der Waals surface area contributed by atoms with Crippen molar-refractivity contribution in [3.8, 4) is 5.75 Å². The number of ether oxygens (including phenoxy) is 1. The maximum atomic E-state index is 10.8. The summed E-state index contributed by atoms with van der Waals surface area (Å²) < 4.78 is 5.19. The highest BCUT2D eigenvalue weighted by molar-refractivity contribution is 6.34. The van der Waals surface area contributed by atoms with Crippen molar-refractivity contribution in [2.45, 2.75) is 6.92 Å². The minimum absolute atomic E-state index is 0.368. The van der Waals surface area contributed by atoms with E-state index in [-0.39, 0.29) is 0 Å². The van der Waals surface area contributed by atoms with E-state index < -0.39 is 0 Å². The van der Waals surface area contributed by atoms with E-state index in [1.807, 2.05) is 19.1 Å². The van der Waals surface area contributed by atoms with Crippen LogP contribution < -0.4 is 4.74 Å². The predicted molar refractivity (Wildman–Crippen MR) is 60.0 cm³/mol. The zero-order valence-corrected chi connectivity index (χ0v) is 9.18. The van der Waals surface area contributed by atoms with E-state index in [1.165, 1.54) is 0 Å². The van der Waals surface area contributed by atoms with Gasteiger partial charge in [0.25, 0.3) is 0 Å². The molecule has 1 heterocycles. The van der Waals surface area contributed by atoms with Crippen LogP contribution in [0.1, 0.15) is 15.9 Å². The minimum atomic E-state index is 0.368. The van der Waals surface area contributed by atoms with Gasteiger partial charge >= 0.3 is 0 Å². The number of methoxy groups -OCH3 is 1. The molecule has 0 aliphatic carbocycles. The Morgan fingerprint density at radius 1 is 1.47 bits per heavy atom. The van der Waals surface area contributed by atoms with Crippen LogP contribution >= 0.6 is 11.6 Å². The number of rotatable bonds is 2. The van der Waals surface area contributed by atoms with E-state index in [1.54, 1.807) is 7.11 Å². The number of aromatic amines is 1. The lowest BCUT2D eigenvalue weighted by atomic mass is 10.1. The van der Waals surface area contributed by atoms with Gasteiger partial charge in [0.2, 0.25) is 0 Å². The molecule has 0 saturated carbocycles. The summed E-state index contributed by atoms with van der Waals surface area (Å²) in [7, 11) is 1.60. The normalized spacial score (nSPS) is 10.6. The Kier molecular flexibility index (Phi) is 2.40. The maximum Gasteiger partial charge on any atom is 0.153 e. The van der Waals surface area contributed by atoms with E-state index in [4.69, 9.17) is 16.3 Å². The number of fused-ring (bicyclic) bond motifs is 1. The average molecular weight is 224 g/mol. The lowest BCUT2D eigenvalue weighted by molar-refractivity contribution is 0.112. The molecule has 15 heavy (non-hydrogen) atoms. The molecule has 0 unspecified atom stereocenters. The second-order valence-electron chi connectivity index (χ2n) is 3.34. The smallest absolute Gasteiger partial charge is 0.153 e. The number of benzene rings is 1. The van der Waals surface area contributed by atoms with Crippen LogP contribution in [0.2, 0.25) is 5.15 Å². The predicted octanol–water partition coefficient (Wildman–Crippen LogP) is 2.95. The van der Waals surface area contributed by atoms with E-state index in [2.05, 4.69) is 4.98 Å². The van der Waals surface area contributed by atoms with Crippen LogP contribution in [0.25, 0.3) is 10.9 Å². The Bertz CT molecular complexity index is 531. The molecule has 0 bridgehead atoms. The molecule has 1 aromatic carbocycles. The summed E-state index contributed by atoms with van der Waals surface area (Å²) in [5, 5.41) is 1.16. The van der Waals surface area contributed by atoms with Gasteiger partial charge in [-0.1, -0.05) is 11.6 Å².